The predicted octanol–water partition coefficient (Wildman–Crippen LogP) is 2.05. The highest BCUT2D eigenvalue weighted by molar-refractivity contribution is 5.70. The molecule has 7 heteroatoms. The summed E-state index contributed by atoms with van der Waals surface area (Å²) < 4.78 is 0. The van der Waals surface area contributed by atoms with E-state index in [9.17, 15) is 10.1 Å². The van der Waals surface area contributed by atoms with Crippen LogP contribution in [0.5, 0.6) is 0 Å². The molecule has 0 atom stereocenters. The first-order chi connectivity index (χ1) is 8.65. The van der Waals surface area contributed by atoms with Gasteiger partial charge in [0.1, 0.15) is 6.33 Å². The molecule has 1 aromatic heterocycles. The van der Waals surface area contributed by atoms with Gasteiger partial charge in [-0.15, -0.1) is 0 Å². The van der Waals surface area contributed by atoms with E-state index in [1.54, 1.807) is 7.05 Å². The highest BCUT2D eigenvalue weighted by Gasteiger charge is 2.25. The van der Waals surface area contributed by atoms with E-state index in [1.807, 2.05) is 11.8 Å². The van der Waals surface area contributed by atoms with Crippen molar-refractivity contribution in [1.82, 2.24) is 9.97 Å². The summed E-state index contributed by atoms with van der Waals surface area (Å²) in [6.45, 7) is 5.48. The van der Waals surface area contributed by atoms with E-state index in [2.05, 4.69) is 22.2 Å². The van der Waals surface area contributed by atoms with E-state index >= 15 is 0 Å². The second-order valence-corrected chi connectivity index (χ2v) is 3.83. The van der Waals surface area contributed by atoms with Gasteiger partial charge in [-0.2, -0.15) is 0 Å². The fourth-order valence-corrected chi connectivity index (χ4v) is 1.71. The molecule has 0 aliphatic carbocycles. The molecule has 0 spiro atoms. The van der Waals surface area contributed by atoms with Crippen LogP contribution in [0.2, 0.25) is 0 Å². The summed E-state index contributed by atoms with van der Waals surface area (Å²) in [6.07, 6.45) is 3.36. The van der Waals surface area contributed by atoms with Crippen molar-refractivity contribution in [3.63, 3.8) is 0 Å². The summed E-state index contributed by atoms with van der Waals surface area (Å²) in [5.41, 5.74) is -0.0575. The average molecular weight is 253 g/mol. The summed E-state index contributed by atoms with van der Waals surface area (Å²) in [5, 5.41) is 13.9. The first-order valence-electron chi connectivity index (χ1n) is 6.07. The number of anilines is 2. The van der Waals surface area contributed by atoms with Crippen molar-refractivity contribution in [2.75, 3.05) is 30.4 Å². The van der Waals surface area contributed by atoms with Gasteiger partial charge in [0.25, 0.3) is 0 Å². The van der Waals surface area contributed by atoms with Crippen LogP contribution in [0.4, 0.5) is 17.3 Å². The molecule has 1 rings (SSSR count). The molecule has 1 N–H and O–H groups in total. The quantitative estimate of drug-likeness (QED) is 0.591. The Labute approximate surface area is 106 Å². The second kappa shape index (κ2) is 6.73. The Hall–Kier alpha value is -1.92. The monoisotopic (exact) mass is 253 g/mol. The Morgan fingerprint density at radius 3 is 2.67 bits per heavy atom. The third kappa shape index (κ3) is 3.06. The zero-order chi connectivity index (χ0) is 13.5. The average Bonchev–Trinajstić information content (AvgIpc) is 2.38. The lowest BCUT2D eigenvalue weighted by Gasteiger charge is -2.21. The molecule has 7 nitrogen and oxygen atoms in total. The van der Waals surface area contributed by atoms with Gasteiger partial charge in [-0.1, -0.05) is 13.3 Å². The minimum absolute atomic E-state index is 0.0575. The van der Waals surface area contributed by atoms with Gasteiger partial charge < -0.3 is 10.2 Å². The first-order valence-corrected chi connectivity index (χ1v) is 6.07. The van der Waals surface area contributed by atoms with Gasteiger partial charge in [0.15, 0.2) is 0 Å². The Kier molecular flexibility index (Phi) is 5.29. The van der Waals surface area contributed by atoms with Crippen LogP contribution < -0.4 is 10.2 Å². The molecule has 0 amide bonds. The molecular formula is C11H19N5O2. The van der Waals surface area contributed by atoms with Gasteiger partial charge >= 0.3 is 5.69 Å². The van der Waals surface area contributed by atoms with Crippen LogP contribution in [0.25, 0.3) is 0 Å². The number of hydrogen-bond acceptors (Lipinski definition) is 6. The normalized spacial score (nSPS) is 10.2. The van der Waals surface area contributed by atoms with Crippen molar-refractivity contribution >= 4 is 17.3 Å². The Balaban J connectivity index is 3.16. The number of rotatable bonds is 7. The third-order valence-electron chi connectivity index (χ3n) is 2.69. The van der Waals surface area contributed by atoms with Gasteiger partial charge in [-0.25, -0.2) is 9.97 Å². The van der Waals surface area contributed by atoms with Gasteiger partial charge in [0.05, 0.1) is 4.92 Å². The number of hydrogen-bond donors (Lipinski definition) is 1. The Morgan fingerprint density at radius 1 is 1.44 bits per heavy atom. The Bertz CT molecular complexity index is 410. The molecule has 1 heterocycles. The maximum Gasteiger partial charge on any atom is 0.353 e. The van der Waals surface area contributed by atoms with Crippen molar-refractivity contribution in [2.45, 2.75) is 26.7 Å². The summed E-state index contributed by atoms with van der Waals surface area (Å²) in [5.74, 6) is 0.634. The fourth-order valence-electron chi connectivity index (χ4n) is 1.71. The van der Waals surface area contributed by atoms with Crippen molar-refractivity contribution in [2.24, 2.45) is 0 Å². The maximum atomic E-state index is 11.2. The highest BCUT2D eigenvalue weighted by atomic mass is 16.6. The van der Waals surface area contributed by atoms with Crippen molar-refractivity contribution < 1.29 is 4.92 Å². The number of nitrogens with zero attached hydrogens (tertiary/aromatic N) is 4. The second-order valence-electron chi connectivity index (χ2n) is 3.83. The van der Waals surface area contributed by atoms with E-state index in [0.29, 0.717) is 12.4 Å². The number of unbranched alkanes of at least 4 members (excludes halogenated alkanes) is 1. The molecule has 0 saturated heterocycles. The van der Waals surface area contributed by atoms with Gasteiger partial charge in [-0.3, -0.25) is 10.1 Å². The molecule has 0 unspecified atom stereocenters. The fraction of sp³-hybridized carbons (Fsp3) is 0.636. The summed E-state index contributed by atoms with van der Waals surface area (Å²) in [4.78, 5) is 20.6. The van der Waals surface area contributed by atoms with Gasteiger partial charge in [-0.05, 0) is 13.3 Å². The van der Waals surface area contributed by atoms with Crippen LogP contribution in [0.15, 0.2) is 6.33 Å². The maximum absolute atomic E-state index is 11.2. The molecule has 0 fully saturated rings. The van der Waals surface area contributed by atoms with E-state index < -0.39 is 4.92 Å². The van der Waals surface area contributed by atoms with Crippen LogP contribution in [0.3, 0.4) is 0 Å². The van der Waals surface area contributed by atoms with Crippen LogP contribution >= 0.6 is 0 Å². The molecule has 0 radical (unpaired) electrons. The molecule has 0 aliphatic rings. The van der Waals surface area contributed by atoms with Gasteiger partial charge in [0.2, 0.25) is 11.6 Å². The van der Waals surface area contributed by atoms with E-state index in [0.717, 1.165) is 19.4 Å². The van der Waals surface area contributed by atoms with Crippen molar-refractivity contribution in [3.05, 3.63) is 16.4 Å². The lowest BCUT2D eigenvalue weighted by Crippen LogP contribution is -2.26. The summed E-state index contributed by atoms with van der Waals surface area (Å²) >= 11 is 0. The van der Waals surface area contributed by atoms with Crippen molar-refractivity contribution in [3.8, 4) is 0 Å². The van der Waals surface area contributed by atoms with Crippen LogP contribution in [0, 0.1) is 10.1 Å². The van der Waals surface area contributed by atoms with E-state index in [-0.39, 0.29) is 11.5 Å². The Morgan fingerprint density at radius 2 is 2.17 bits per heavy atom. The molecule has 0 bridgehead atoms. The first kappa shape index (κ1) is 14.1. The smallest absolute Gasteiger partial charge is 0.353 e. The number of nitro groups is 1. The molecule has 0 aliphatic heterocycles. The van der Waals surface area contributed by atoms with Crippen LogP contribution in [0.1, 0.15) is 26.7 Å². The SMILES string of the molecule is CCCCN(CC)c1ncnc(NC)c1[N+](=O)[O-]. The molecule has 0 aromatic carbocycles. The van der Waals surface area contributed by atoms with E-state index in [4.69, 9.17) is 0 Å². The standard InChI is InChI=1S/C11H19N5O2/c1-4-6-7-15(5-2)11-9(16(17)18)10(12-3)13-8-14-11/h8H,4-7H2,1-3H3,(H,12,13,14). The number of nitrogens with one attached hydrogen (secondary N) is 1. The number of aromatic nitrogens is 2. The van der Waals surface area contributed by atoms with Crippen molar-refractivity contribution in [1.29, 1.82) is 0 Å². The summed E-state index contributed by atoms with van der Waals surface area (Å²) in [7, 11) is 1.61. The molecule has 0 saturated carbocycles. The topological polar surface area (TPSA) is 84.2 Å². The molecule has 18 heavy (non-hydrogen) atoms. The van der Waals surface area contributed by atoms with E-state index in [1.165, 1.54) is 6.33 Å². The minimum atomic E-state index is -0.435. The minimum Gasteiger partial charge on any atom is -0.367 e. The zero-order valence-electron chi connectivity index (χ0n) is 11.0. The zero-order valence-corrected chi connectivity index (χ0v) is 11.0. The lowest BCUT2D eigenvalue weighted by atomic mass is 10.3. The van der Waals surface area contributed by atoms with Crippen LogP contribution in [-0.4, -0.2) is 35.0 Å². The summed E-state index contributed by atoms with van der Waals surface area (Å²) in [6, 6.07) is 0. The van der Waals surface area contributed by atoms with Crippen LogP contribution in [-0.2, 0) is 0 Å². The van der Waals surface area contributed by atoms with Gasteiger partial charge in [0, 0.05) is 20.1 Å². The molecular weight excluding hydrogens is 234 g/mol. The molecule has 1 aromatic rings. The lowest BCUT2D eigenvalue weighted by molar-refractivity contribution is -0.383. The third-order valence-corrected chi connectivity index (χ3v) is 2.69. The molecule has 100 valence electrons. The highest BCUT2D eigenvalue weighted by Crippen LogP contribution is 2.31. The largest absolute Gasteiger partial charge is 0.367 e. The predicted molar refractivity (Wildman–Crippen MR) is 71.0 cm³/mol.